The van der Waals surface area contributed by atoms with E-state index in [0.29, 0.717) is 24.2 Å². The quantitative estimate of drug-likeness (QED) is 0.712. The first-order valence-electron chi connectivity index (χ1n) is 9.96. The monoisotopic (exact) mass is 416 g/mol. The summed E-state index contributed by atoms with van der Waals surface area (Å²) in [6.45, 7) is 2.52. The first-order valence-corrected chi connectivity index (χ1v) is 11.6. The van der Waals surface area contributed by atoms with E-state index in [1.54, 1.807) is 31.4 Å². The standard InChI is InChI=1S/C22H28N2O4S/c1-3-13-29(26,27)23-19-9-5-8-18(16-19)22(25)24-12-6-10-20(24)14-17-7-4-11-21(15-17)28-2/h4-5,7-9,11,15-16,20,23H,3,6,10,12-14H2,1-2H3. The predicted molar refractivity (Wildman–Crippen MR) is 115 cm³/mol. The molecule has 156 valence electrons. The summed E-state index contributed by atoms with van der Waals surface area (Å²) in [4.78, 5) is 15.0. The van der Waals surface area contributed by atoms with Crippen LogP contribution >= 0.6 is 0 Å². The van der Waals surface area contributed by atoms with Gasteiger partial charge in [-0.1, -0.05) is 25.1 Å². The van der Waals surface area contributed by atoms with Crippen LogP contribution in [-0.2, 0) is 16.4 Å². The van der Waals surface area contributed by atoms with Gasteiger partial charge in [0.25, 0.3) is 5.91 Å². The molecule has 0 bridgehead atoms. The molecule has 1 heterocycles. The normalized spacial score (nSPS) is 16.6. The van der Waals surface area contributed by atoms with Gasteiger partial charge < -0.3 is 9.64 Å². The van der Waals surface area contributed by atoms with E-state index in [4.69, 9.17) is 4.74 Å². The molecule has 1 amide bonds. The second-order valence-electron chi connectivity index (χ2n) is 7.35. The van der Waals surface area contributed by atoms with Crippen LogP contribution in [0, 0.1) is 0 Å². The van der Waals surface area contributed by atoms with Gasteiger partial charge in [-0.25, -0.2) is 8.42 Å². The van der Waals surface area contributed by atoms with E-state index in [2.05, 4.69) is 4.72 Å². The number of hydrogen-bond donors (Lipinski definition) is 1. The van der Waals surface area contributed by atoms with E-state index in [0.717, 1.165) is 30.6 Å². The number of benzene rings is 2. The van der Waals surface area contributed by atoms with Gasteiger partial charge in [-0.05, 0) is 61.6 Å². The summed E-state index contributed by atoms with van der Waals surface area (Å²) < 4.78 is 31.9. The number of sulfonamides is 1. The minimum absolute atomic E-state index is 0.0555. The van der Waals surface area contributed by atoms with Gasteiger partial charge in [-0.3, -0.25) is 9.52 Å². The molecule has 0 radical (unpaired) electrons. The Morgan fingerprint density at radius 2 is 2.00 bits per heavy atom. The van der Waals surface area contributed by atoms with Crippen molar-refractivity contribution in [3.8, 4) is 5.75 Å². The molecule has 1 aliphatic rings. The first-order chi connectivity index (χ1) is 13.9. The van der Waals surface area contributed by atoms with Crippen molar-refractivity contribution in [2.24, 2.45) is 0 Å². The van der Waals surface area contributed by atoms with Crippen molar-refractivity contribution in [3.05, 3.63) is 59.7 Å². The Bertz CT molecular complexity index is 959. The second kappa shape index (κ2) is 9.31. The molecular weight excluding hydrogens is 388 g/mol. The predicted octanol–water partition coefficient (Wildman–Crippen LogP) is 3.69. The molecule has 1 aliphatic heterocycles. The van der Waals surface area contributed by atoms with Crippen molar-refractivity contribution < 1.29 is 17.9 Å². The molecule has 2 aromatic rings. The average molecular weight is 417 g/mol. The lowest BCUT2D eigenvalue weighted by Gasteiger charge is -2.25. The third-order valence-corrected chi connectivity index (χ3v) is 6.59. The molecule has 0 aromatic heterocycles. The highest BCUT2D eigenvalue weighted by Gasteiger charge is 2.29. The minimum atomic E-state index is -3.39. The number of nitrogens with zero attached hydrogens (tertiary/aromatic N) is 1. The molecule has 1 fully saturated rings. The second-order valence-corrected chi connectivity index (χ2v) is 9.19. The van der Waals surface area contributed by atoms with Crippen LogP contribution in [-0.4, -0.2) is 44.7 Å². The Kier molecular flexibility index (Phi) is 6.79. The highest BCUT2D eigenvalue weighted by atomic mass is 32.2. The SMILES string of the molecule is CCCS(=O)(=O)Nc1cccc(C(=O)N2CCCC2Cc2cccc(OC)c2)c1. The molecule has 1 saturated heterocycles. The molecule has 29 heavy (non-hydrogen) atoms. The van der Waals surface area contributed by atoms with Crippen LogP contribution in [0.25, 0.3) is 0 Å². The lowest BCUT2D eigenvalue weighted by molar-refractivity contribution is 0.0736. The fourth-order valence-corrected chi connectivity index (χ4v) is 4.89. The summed E-state index contributed by atoms with van der Waals surface area (Å²) in [6, 6.07) is 14.8. The number of amides is 1. The zero-order valence-electron chi connectivity index (χ0n) is 16.9. The number of nitrogens with one attached hydrogen (secondary N) is 1. The number of hydrogen-bond acceptors (Lipinski definition) is 4. The van der Waals surface area contributed by atoms with E-state index >= 15 is 0 Å². The number of methoxy groups -OCH3 is 1. The van der Waals surface area contributed by atoms with Gasteiger partial charge in [0.1, 0.15) is 5.75 Å². The van der Waals surface area contributed by atoms with E-state index in [1.807, 2.05) is 36.1 Å². The first kappa shape index (κ1) is 21.2. The molecular formula is C22H28N2O4S. The van der Waals surface area contributed by atoms with Crippen LogP contribution in [0.1, 0.15) is 42.1 Å². The van der Waals surface area contributed by atoms with E-state index in [9.17, 15) is 13.2 Å². The smallest absolute Gasteiger partial charge is 0.254 e. The van der Waals surface area contributed by atoms with Crippen LogP contribution < -0.4 is 9.46 Å². The maximum atomic E-state index is 13.1. The summed E-state index contributed by atoms with van der Waals surface area (Å²) in [6.07, 6.45) is 3.22. The number of carbonyl (C=O) groups excluding carboxylic acids is 1. The summed E-state index contributed by atoms with van der Waals surface area (Å²) >= 11 is 0. The van der Waals surface area contributed by atoms with Crippen molar-refractivity contribution in [1.82, 2.24) is 4.90 Å². The lowest BCUT2D eigenvalue weighted by atomic mass is 10.0. The van der Waals surface area contributed by atoms with Crippen LogP contribution in [0.2, 0.25) is 0 Å². The number of rotatable bonds is 8. The van der Waals surface area contributed by atoms with E-state index < -0.39 is 10.0 Å². The highest BCUT2D eigenvalue weighted by molar-refractivity contribution is 7.92. The third kappa shape index (κ3) is 5.50. The zero-order valence-corrected chi connectivity index (χ0v) is 17.7. The molecule has 0 saturated carbocycles. The van der Waals surface area contributed by atoms with Gasteiger partial charge in [0, 0.05) is 23.8 Å². The molecule has 6 nitrogen and oxygen atoms in total. The average Bonchev–Trinajstić information content (AvgIpc) is 3.15. The molecule has 0 aliphatic carbocycles. The van der Waals surface area contributed by atoms with Gasteiger partial charge in [0.2, 0.25) is 10.0 Å². The Morgan fingerprint density at radius 1 is 1.21 bits per heavy atom. The Morgan fingerprint density at radius 3 is 2.76 bits per heavy atom. The van der Waals surface area contributed by atoms with Crippen molar-refractivity contribution >= 4 is 21.6 Å². The molecule has 2 aromatic carbocycles. The van der Waals surface area contributed by atoms with Gasteiger partial charge in [0.05, 0.1) is 12.9 Å². The van der Waals surface area contributed by atoms with Gasteiger partial charge in [-0.2, -0.15) is 0 Å². The number of anilines is 1. The summed E-state index contributed by atoms with van der Waals surface area (Å²) in [5, 5.41) is 0. The summed E-state index contributed by atoms with van der Waals surface area (Å²) in [5.74, 6) is 0.803. The fraction of sp³-hybridized carbons (Fsp3) is 0.409. The fourth-order valence-electron chi connectivity index (χ4n) is 3.77. The van der Waals surface area contributed by atoms with Crippen LogP contribution in [0.4, 0.5) is 5.69 Å². The van der Waals surface area contributed by atoms with Crippen molar-refractivity contribution in [3.63, 3.8) is 0 Å². The van der Waals surface area contributed by atoms with Gasteiger partial charge in [-0.15, -0.1) is 0 Å². The van der Waals surface area contributed by atoms with E-state index in [-0.39, 0.29) is 17.7 Å². The molecule has 0 spiro atoms. The molecule has 1 atom stereocenters. The molecule has 1 N–H and O–H groups in total. The Labute approximate surface area is 172 Å². The Hall–Kier alpha value is -2.54. The van der Waals surface area contributed by atoms with Crippen molar-refractivity contribution in [2.75, 3.05) is 24.1 Å². The van der Waals surface area contributed by atoms with Gasteiger partial charge >= 0.3 is 0 Å². The number of carbonyl (C=O) groups is 1. The largest absolute Gasteiger partial charge is 0.497 e. The van der Waals surface area contributed by atoms with Crippen LogP contribution in [0.5, 0.6) is 5.75 Å². The zero-order chi connectivity index (χ0) is 20.9. The number of ether oxygens (including phenoxy) is 1. The maximum absolute atomic E-state index is 13.1. The molecule has 1 unspecified atom stereocenters. The third-order valence-electron chi connectivity index (χ3n) is 5.10. The van der Waals surface area contributed by atoms with Crippen LogP contribution in [0.3, 0.4) is 0 Å². The summed E-state index contributed by atoms with van der Waals surface area (Å²) in [7, 11) is -1.75. The van der Waals surface area contributed by atoms with Crippen LogP contribution in [0.15, 0.2) is 48.5 Å². The van der Waals surface area contributed by atoms with Gasteiger partial charge in [0.15, 0.2) is 0 Å². The topological polar surface area (TPSA) is 75.7 Å². The molecule has 3 rings (SSSR count). The minimum Gasteiger partial charge on any atom is -0.497 e. The highest BCUT2D eigenvalue weighted by Crippen LogP contribution is 2.25. The van der Waals surface area contributed by atoms with Crippen molar-refractivity contribution in [2.45, 2.75) is 38.6 Å². The van der Waals surface area contributed by atoms with E-state index in [1.165, 1.54) is 0 Å². The number of likely N-dealkylation sites (tertiary alicyclic amines) is 1. The molecule has 7 heteroatoms. The lowest BCUT2D eigenvalue weighted by Crippen LogP contribution is -2.36. The van der Waals surface area contributed by atoms with Crippen molar-refractivity contribution in [1.29, 1.82) is 0 Å². The Balaban J connectivity index is 1.74. The maximum Gasteiger partial charge on any atom is 0.254 e. The summed E-state index contributed by atoms with van der Waals surface area (Å²) in [5.41, 5.74) is 2.06.